The minimum absolute atomic E-state index is 0.00310. The van der Waals surface area contributed by atoms with Crippen LogP contribution >= 0.6 is 0 Å². The second-order valence-electron chi connectivity index (χ2n) is 18.6. The Balaban J connectivity index is 0.951. The van der Waals surface area contributed by atoms with Gasteiger partial charge in [0.1, 0.15) is 46.4 Å². The van der Waals surface area contributed by atoms with Crippen molar-refractivity contribution < 1.29 is 42.6 Å². The SMILES string of the molecule is CCC1C(=O)N(C)c2cnc(C3C(OC)=CC=CC3(N)C(=O)NC3(CCCO)CCN(C(=O)C4CCN(c5cc(F)c(C6CCC(=O)NC6=O)c(F)c5)CC4)CC3)nc2N1C1CCCC1. The molecule has 65 heavy (non-hydrogen) atoms. The highest BCUT2D eigenvalue weighted by molar-refractivity contribution is 6.04. The number of halogens is 2. The van der Waals surface area contributed by atoms with Crippen LogP contribution in [0.1, 0.15) is 114 Å². The molecule has 2 aliphatic carbocycles. The summed E-state index contributed by atoms with van der Waals surface area (Å²) < 4.78 is 36.5. The van der Waals surface area contributed by atoms with Crippen LogP contribution in [0.3, 0.4) is 0 Å². The van der Waals surface area contributed by atoms with Crippen molar-refractivity contribution in [2.45, 2.75) is 125 Å². The third-order valence-electron chi connectivity index (χ3n) is 14.8. The Morgan fingerprint density at radius 3 is 2.35 bits per heavy atom. The summed E-state index contributed by atoms with van der Waals surface area (Å²) in [5.74, 6) is -4.38. The van der Waals surface area contributed by atoms with Crippen LogP contribution in [0.5, 0.6) is 0 Å². The van der Waals surface area contributed by atoms with Crippen molar-refractivity contribution in [1.29, 1.82) is 0 Å². The largest absolute Gasteiger partial charge is 0.500 e. The van der Waals surface area contributed by atoms with Gasteiger partial charge in [0.15, 0.2) is 5.82 Å². The number of methoxy groups -OCH3 is 1. The number of hydrogen-bond acceptors (Lipinski definition) is 12. The maximum atomic E-state index is 15.3. The van der Waals surface area contributed by atoms with Gasteiger partial charge in [-0.1, -0.05) is 31.9 Å². The smallest absolute Gasteiger partial charge is 0.249 e. The first kappa shape index (κ1) is 46.1. The van der Waals surface area contributed by atoms with E-state index < -0.39 is 52.3 Å². The van der Waals surface area contributed by atoms with Gasteiger partial charge < -0.3 is 40.5 Å². The molecule has 1 aromatic heterocycles. The number of nitrogens with zero attached hydrogens (tertiary/aromatic N) is 6. The van der Waals surface area contributed by atoms with E-state index >= 15 is 8.78 Å². The van der Waals surface area contributed by atoms with Crippen molar-refractivity contribution >= 4 is 46.7 Å². The third-order valence-corrected chi connectivity index (χ3v) is 14.8. The summed E-state index contributed by atoms with van der Waals surface area (Å²) >= 11 is 0. The number of aliphatic hydroxyl groups is 1. The molecule has 5 heterocycles. The average Bonchev–Trinajstić information content (AvgIpc) is 3.84. The van der Waals surface area contributed by atoms with E-state index in [9.17, 15) is 29.1 Å². The lowest BCUT2D eigenvalue weighted by Gasteiger charge is -2.46. The van der Waals surface area contributed by atoms with Crippen LogP contribution in [0.4, 0.5) is 26.0 Å². The van der Waals surface area contributed by atoms with Crippen molar-refractivity contribution in [2.75, 3.05) is 61.6 Å². The number of anilines is 3. The zero-order valence-electron chi connectivity index (χ0n) is 37.5. The van der Waals surface area contributed by atoms with E-state index in [0.29, 0.717) is 94.1 Å². The van der Waals surface area contributed by atoms with Crippen molar-refractivity contribution in [2.24, 2.45) is 11.7 Å². The summed E-state index contributed by atoms with van der Waals surface area (Å²) in [5, 5.41) is 15.4. The Kier molecular flexibility index (Phi) is 13.3. The molecule has 5 amide bonds. The molecule has 2 aromatic rings. The molecule has 0 bridgehead atoms. The minimum Gasteiger partial charge on any atom is -0.500 e. The molecule has 4 unspecified atom stereocenters. The fourth-order valence-corrected chi connectivity index (χ4v) is 11.1. The number of nitrogens with one attached hydrogen (secondary N) is 2. The zero-order chi connectivity index (χ0) is 46.2. The number of amides is 5. The molecule has 6 aliphatic rings. The number of nitrogens with two attached hydrogens (primary N) is 1. The van der Waals surface area contributed by atoms with E-state index in [4.69, 9.17) is 20.4 Å². The summed E-state index contributed by atoms with van der Waals surface area (Å²) in [4.78, 5) is 83.6. The number of ether oxygens (including phenoxy) is 1. The number of likely N-dealkylation sites (tertiary alicyclic amines) is 1. The fraction of sp³-hybridized carbons (Fsp3) is 0.596. The predicted molar refractivity (Wildman–Crippen MR) is 238 cm³/mol. The van der Waals surface area contributed by atoms with Gasteiger partial charge >= 0.3 is 0 Å². The first-order valence-corrected chi connectivity index (χ1v) is 23.2. The number of likely N-dealkylation sites (N-methyl/N-ethyl adjacent to an activating group) is 1. The number of imide groups is 1. The van der Waals surface area contributed by atoms with Crippen molar-refractivity contribution in [3.8, 4) is 0 Å². The van der Waals surface area contributed by atoms with Gasteiger partial charge in [0, 0.05) is 75.0 Å². The highest BCUT2D eigenvalue weighted by atomic mass is 19.1. The molecule has 1 aromatic carbocycles. The van der Waals surface area contributed by atoms with Crippen LogP contribution in [-0.2, 0) is 28.7 Å². The Morgan fingerprint density at radius 1 is 1.03 bits per heavy atom. The summed E-state index contributed by atoms with van der Waals surface area (Å²) in [6.07, 6.45) is 14.0. The maximum Gasteiger partial charge on any atom is 0.249 e. The van der Waals surface area contributed by atoms with Crippen molar-refractivity contribution in [1.82, 2.24) is 25.5 Å². The van der Waals surface area contributed by atoms with Gasteiger partial charge in [-0.25, -0.2) is 18.7 Å². The van der Waals surface area contributed by atoms with Crippen LogP contribution in [0.15, 0.2) is 42.3 Å². The number of allylic oxidation sites excluding steroid dienone is 2. The molecule has 4 fully saturated rings. The number of carbonyl (C=O) groups is 5. The topological polar surface area (TPSA) is 204 Å². The number of rotatable bonds is 12. The van der Waals surface area contributed by atoms with Gasteiger partial charge in [-0.05, 0) is 82.4 Å². The lowest BCUT2D eigenvalue weighted by atomic mass is 9.76. The predicted octanol–water partition coefficient (Wildman–Crippen LogP) is 3.83. The second kappa shape index (κ2) is 18.8. The molecule has 4 aliphatic heterocycles. The number of fused-ring (bicyclic) bond motifs is 1. The van der Waals surface area contributed by atoms with Crippen molar-refractivity contribution in [3.63, 3.8) is 0 Å². The second-order valence-corrected chi connectivity index (χ2v) is 18.6. The van der Waals surface area contributed by atoms with Crippen LogP contribution in [0.2, 0.25) is 0 Å². The van der Waals surface area contributed by atoms with E-state index in [1.165, 1.54) is 19.2 Å². The molecule has 16 nitrogen and oxygen atoms in total. The number of benzene rings is 1. The molecule has 0 radical (unpaired) electrons. The normalized spacial score (nSPS) is 26.2. The minimum atomic E-state index is -1.70. The highest BCUT2D eigenvalue weighted by Gasteiger charge is 2.51. The Hall–Kier alpha value is -5.49. The quantitative estimate of drug-likeness (QED) is 0.225. The molecule has 5 N–H and O–H groups in total. The Bertz CT molecular complexity index is 2230. The summed E-state index contributed by atoms with van der Waals surface area (Å²) in [6.45, 7) is 3.42. The summed E-state index contributed by atoms with van der Waals surface area (Å²) in [6, 6.07) is 2.18. The van der Waals surface area contributed by atoms with Gasteiger partial charge in [-0.15, -0.1) is 0 Å². The number of hydrogen-bond donors (Lipinski definition) is 4. The molecule has 1 saturated carbocycles. The highest BCUT2D eigenvalue weighted by Crippen LogP contribution is 2.44. The van der Waals surface area contributed by atoms with Gasteiger partial charge in [0.25, 0.3) is 0 Å². The maximum absolute atomic E-state index is 15.3. The molecular weight excluding hydrogens is 841 g/mol. The lowest BCUT2D eigenvalue weighted by Crippen LogP contribution is -2.65. The first-order chi connectivity index (χ1) is 31.2. The Morgan fingerprint density at radius 2 is 1.72 bits per heavy atom. The molecule has 8 rings (SSSR count). The van der Waals surface area contributed by atoms with E-state index in [-0.39, 0.29) is 60.7 Å². The molecule has 3 saturated heterocycles. The number of aromatic nitrogens is 2. The van der Waals surface area contributed by atoms with Crippen molar-refractivity contribution in [3.05, 3.63) is 65.3 Å². The number of piperidine rings is 3. The van der Waals surface area contributed by atoms with Gasteiger partial charge in [-0.3, -0.25) is 29.3 Å². The molecule has 18 heteroatoms. The molecule has 0 spiro atoms. The van der Waals surface area contributed by atoms with Crippen LogP contribution < -0.4 is 31.1 Å². The third kappa shape index (κ3) is 8.70. The fourth-order valence-electron chi connectivity index (χ4n) is 11.1. The van der Waals surface area contributed by atoms with E-state index in [0.717, 1.165) is 25.7 Å². The molecule has 350 valence electrons. The zero-order valence-corrected chi connectivity index (χ0v) is 37.5. The van der Waals surface area contributed by atoms with Crippen LogP contribution in [0.25, 0.3) is 0 Å². The summed E-state index contributed by atoms with van der Waals surface area (Å²) in [7, 11) is 3.25. The van der Waals surface area contributed by atoms with Gasteiger partial charge in [0.05, 0.1) is 19.2 Å². The molecule has 4 atom stereocenters. The average molecular weight is 902 g/mol. The van der Waals surface area contributed by atoms with E-state index in [1.807, 2.05) is 16.7 Å². The monoisotopic (exact) mass is 901 g/mol. The standard InChI is InChI=1S/C47H61F2N9O7/c1-4-34-44(63)55(2)35-27-51-40(53-41(35)58(34)29-9-5-6-10-29)39-36(65-3)11-7-17-47(39,50)45(64)54-46(16-8-24-59)18-22-57(23-19-46)43(62)28-14-20-56(21-15-28)30-25-32(48)38(33(49)26-30)31-12-13-37(60)52-42(31)61/h7,11,17,25-29,31,34,39,59H,4-6,8-10,12-16,18-24,50H2,1-3H3,(H,54,64)(H,52,60,61). The number of aliphatic hydroxyl groups excluding tert-OH is 1. The lowest BCUT2D eigenvalue weighted by molar-refractivity contribution is -0.139. The molecular formula is C47H61F2N9O7. The Labute approximate surface area is 378 Å². The first-order valence-electron chi connectivity index (χ1n) is 23.2. The van der Waals surface area contributed by atoms with Crippen LogP contribution in [-0.4, -0.2) is 120 Å². The summed E-state index contributed by atoms with van der Waals surface area (Å²) in [5.41, 5.74) is 5.30. The van der Waals surface area contributed by atoms with Gasteiger partial charge in [-0.2, -0.15) is 0 Å². The number of carbonyl (C=O) groups excluding carboxylic acids is 5. The van der Waals surface area contributed by atoms with E-state index in [1.54, 1.807) is 36.4 Å². The van der Waals surface area contributed by atoms with Gasteiger partial charge in [0.2, 0.25) is 29.5 Å². The van der Waals surface area contributed by atoms with Crippen LogP contribution in [0, 0.1) is 17.6 Å². The van der Waals surface area contributed by atoms with E-state index in [2.05, 4.69) is 15.5 Å².